The first-order valence-corrected chi connectivity index (χ1v) is 7.00. The van der Waals surface area contributed by atoms with Crippen molar-refractivity contribution < 1.29 is 13.2 Å². The number of rotatable bonds is 5. The third-order valence-electron chi connectivity index (χ3n) is 3.11. The molecule has 21 heavy (non-hydrogen) atoms. The van der Waals surface area contributed by atoms with Crippen LogP contribution in [0.15, 0.2) is 48.5 Å². The van der Waals surface area contributed by atoms with Gasteiger partial charge in [0.1, 0.15) is 0 Å². The Hall–Kier alpha value is -1.68. The molecule has 0 radical (unpaired) electrons. The lowest BCUT2D eigenvalue weighted by molar-refractivity contribution is -0.136. The number of hydrogen-bond donors (Lipinski definition) is 1. The molecule has 2 rings (SSSR count). The van der Waals surface area contributed by atoms with Gasteiger partial charge in [-0.3, -0.25) is 0 Å². The summed E-state index contributed by atoms with van der Waals surface area (Å²) in [5.41, 5.74) is 0.393. The van der Waals surface area contributed by atoms with Crippen LogP contribution in [-0.2, 0) is 12.6 Å². The van der Waals surface area contributed by atoms with Crippen LogP contribution in [0.5, 0.6) is 0 Å². The Morgan fingerprint density at radius 2 is 1.67 bits per heavy atom. The average Bonchev–Trinajstić information content (AvgIpc) is 2.45. The fourth-order valence-electron chi connectivity index (χ4n) is 2.09. The van der Waals surface area contributed by atoms with E-state index in [0.29, 0.717) is 6.54 Å². The normalized spacial score (nSPS) is 11.4. The molecule has 0 amide bonds. The first-order valence-electron chi connectivity index (χ1n) is 6.62. The minimum Gasteiger partial charge on any atom is -0.383 e. The first kappa shape index (κ1) is 15.7. The second-order valence-corrected chi connectivity index (χ2v) is 5.08. The fourth-order valence-corrected chi connectivity index (χ4v) is 2.33. The number of nitrogens with one attached hydrogen (secondary N) is 1. The van der Waals surface area contributed by atoms with Gasteiger partial charge in [0.15, 0.2) is 0 Å². The number of anilines is 1. The maximum absolute atomic E-state index is 12.9. The van der Waals surface area contributed by atoms with Crippen molar-refractivity contribution in [1.29, 1.82) is 0 Å². The van der Waals surface area contributed by atoms with Gasteiger partial charge in [0.25, 0.3) is 0 Å². The van der Waals surface area contributed by atoms with E-state index in [2.05, 4.69) is 5.32 Å². The zero-order chi connectivity index (χ0) is 15.3. The highest BCUT2D eigenvalue weighted by atomic mass is 35.5. The molecule has 0 aromatic heterocycles. The van der Waals surface area contributed by atoms with Crippen LogP contribution in [0.2, 0.25) is 5.02 Å². The monoisotopic (exact) mass is 313 g/mol. The third kappa shape index (κ3) is 4.39. The zero-order valence-corrected chi connectivity index (χ0v) is 12.0. The number of para-hydroxylation sites is 1. The zero-order valence-electron chi connectivity index (χ0n) is 11.3. The van der Waals surface area contributed by atoms with Crippen LogP contribution < -0.4 is 5.32 Å². The molecule has 112 valence electrons. The van der Waals surface area contributed by atoms with Crippen molar-refractivity contribution in [2.24, 2.45) is 0 Å². The molecule has 0 fully saturated rings. The van der Waals surface area contributed by atoms with E-state index in [-0.39, 0.29) is 10.7 Å². The van der Waals surface area contributed by atoms with Crippen LogP contribution in [0.4, 0.5) is 18.9 Å². The SMILES string of the molecule is FC(F)(F)c1cccc(Cl)c1NCCCc1ccccc1. The molecule has 0 saturated heterocycles. The summed E-state index contributed by atoms with van der Waals surface area (Å²) in [6.07, 6.45) is -2.88. The molecule has 0 aliphatic carbocycles. The van der Waals surface area contributed by atoms with Gasteiger partial charge in [-0.2, -0.15) is 13.2 Å². The summed E-state index contributed by atoms with van der Waals surface area (Å²) in [7, 11) is 0. The molecule has 0 aliphatic heterocycles. The minimum absolute atomic E-state index is 0.0419. The maximum Gasteiger partial charge on any atom is 0.418 e. The predicted molar refractivity (Wildman–Crippen MR) is 79.7 cm³/mol. The van der Waals surface area contributed by atoms with Crippen molar-refractivity contribution in [3.05, 3.63) is 64.7 Å². The highest BCUT2D eigenvalue weighted by Gasteiger charge is 2.34. The van der Waals surface area contributed by atoms with Crippen molar-refractivity contribution in [2.45, 2.75) is 19.0 Å². The van der Waals surface area contributed by atoms with Gasteiger partial charge in [0.2, 0.25) is 0 Å². The molecule has 5 heteroatoms. The Balaban J connectivity index is 1.97. The molecule has 2 aromatic rings. The van der Waals surface area contributed by atoms with E-state index >= 15 is 0 Å². The van der Waals surface area contributed by atoms with E-state index in [1.807, 2.05) is 30.3 Å². The van der Waals surface area contributed by atoms with Gasteiger partial charge >= 0.3 is 6.18 Å². The number of hydrogen-bond acceptors (Lipinski definition) is 1. The van der Waals surface area contributed by atoms with Crippen LogP contribution in [0, 0.1) is 0 Å². The topological polar surface area (TPSA) is 12.0 Å². The Kier molecular flexibility index (Phi) is 5.12. The van der Waals surface area contributed by atoms with Crippen molar-refractivity contribution in [3.8, 4) is 0 Å². The predicted octanol–water partition coefficient (Wildman–Crippen LogP) is 5.40. The molecule has 0 atom stereocenters. The molecule has 0 bridgehead atoms. The molecule has 0 heterocycles. The second-order valence-electron chi connectivity index (χ2n) is 4.68. The number of benzene rings is 2. The van der Waals surface area contributed by atoms with Crippen LogP contribution >= 0.6 is 11.6 Å². The van der Waals surface area contributed by atoms with Gasteiger partial charge in [0, 0.05) is 6.54 Å². The Labute approximate surface area is 126 Å². The second kappa shape index (κ2) is 6.85. The van der Waals surface area contributed by atoms with Gasteiger partial charge < -0.3 is 5.32 Å². The van der Waals surface area contributed by atoms with E-state index in [1.54, 1.807) is 0 Å². The summed E-state index contributed by atoms with van der Waals surface area (Å²) in [5.74, 6) is 0. The van der Waals surface area contributed by atoms with Crippen LogP contribution in [0.1, 0.15) is 17.5 Å². The molecule has 2 aromatic carbocycles. The third-order valence-corrected chi connectivity index (χ3v) is 3.42. The summed E-state index contributed by atoms with van der Waals surface area (Å²) in [6.45, 7) is 0.432. The number of halogens is 4. The lowest BCUT2D eigenvalue weighted by Crippen LogP contribution is -2.12. The average molecular weight is 314 g/mol. The summed E-state index contributed by atoms with van der Waals surface area (Å²) in [4.78, 5) is 0. The van der Waals surface area contributed by atoms with Gasteiger partial charge in [-0.25, -0.2) is 0 Å². The van der Waals surface area contributed by atoms with Gasteiger partial charge in [-0.05, 0) is 30.5 Å². The van der Waals surface area contributed by atoms with Gasteiger partial charge in [-0.15, -0.1) is 0 Å². The lowest BCUT2D eigenvalue weighted by atomic mass is 10.1. The van der Waals surface area contributed by atoms with Crippen molar-refractivity contribution in [1.82, 2.24) is 0 Å². The molecular weight excluding hydrogens is 299 g/mol. The van der Waals surface area contributed by atoms with Crippen molar-refractivity contribution in [3.63, 3.8) is 0 Å². The van der Waals surface area contributed by atoms with E-state index in [4.69, 9.17) is 11.6 Å². The molecule has 0 saturated carbocycles. The summed E-state index contributed by atoms with van der Waals surface area (Å²) >= 11 is 5.87. The number of alkyl halides is 3. The Morgan fingerprint density at radius 3 is 2.33 bits per heavy atom. The fraction of sp³-hybridized carbons (Fsp3) is 0.250. The highest BCUT2D eigenvalue weighted by Crippen LogP contribution is 2.38. The lowest BCUT2D eigenvalue weighted by Gasteiger charge is -2.15. The van der Waals surface area contributed by atoms with Crippen molar-refractivity contribution >= 4 is 17.3 Å². The van der Waals surface area contributed by atoms with Crippen LogP contribution in [0.25, 0.3) is 0 Å². The largest absolute Gasteiger partial charge is 0.418 e. The quantitative estimate of drug-likeness (QED) is 0.728. The minimum atomic E-state index is -4.41. The van der Waals surface area contributed by atoms with Crippen LogP contribution in [-0.4, -0.2) is 6.54 Å². The first-order chi connectivity index (χ1) is 9.98. The summed E-state index contributed by atoms with van der Waals surface area (Å²) < 4.78 is 38.7. The Bertz CT molecular complexity index is 582. The summed E-state index contributed by atoms with van der Waals surface area (Å²) in [6, 6.07) is 13.6. The molecular formula is C16H15ClF3N. The van der Waals surface area contributed by atoms with Crippen molar-refractivity contribution in [2.75, 3.05) is 11.9 Å². The van der Waals surface area contributed by atoms with E-state index in [0.717, 1.165) is 24.5 Å². The molecule has 0 aliphatic rings. The summed E-state index contributed by atoms with van der Waals surface area (Å²) in [5, 5.41) is 2.89. The van der Waals surface area contributed by atoms with E-state index in [9.17, 15) is 13.2 Å². The molecule has 0 spiro atoms. The van der Waals surface area contributed by atoms with Crippen LogP contribution in [0.3, 0.4) is 0 Å². The van der Waals surface area contributed by atoms with Gasteiger partial charge in [-0.1, -0.05) is 48.0 Å². The highest BCUT2D eigenvalue weighted by molar-refractivity contribution is 6.33. The molecule has 0 unspecified atom stereocenters. The smallest absolute Gasteiger partial charge is 0.383 e. The molecule has 1 nitrogen and oxygen atoms in total. The molecule has 1 N–H and O–H groups in total. The maximum atomic E-state index is 12.9. The number of aryl methyl sites for hydroxylation is 1. The van der Waals surface area contributed by atoms with Gasteiger partial charge in [0.05, 0.1) is 16.3 Å². The van der Waals surface area contributed by atoms with E-state index < -0.39 is 11.7 Å². The Morgan fingerprint density at radius 1 is 0.952 bits per heavy atom. The van der Waals surface area contributed by atoms with E-state index in [1.165, 1.54) is 12.1 Å². The standard InChI is InChI=1S/C16H15ClF3N/c17-14-10-4-9-13(16(18,19)20)15(14)21-11-5-8-12-6-2-1-3-7-12/h1-4,6-7,9-10,21H,5,8,11H2.